The lowest BCUT2D eigenvalue weighted by Crippen LogP contribution is -2.25. The van der Waals surface area contributed by atoms with Crippen molar-refractivity contribution >= 4 is 0 Å². The predicted molar refractivity (Wildman–Crippen MR) is 60.9 cm³/mol. The van der Waals surface area contributed by atoms with Crippen LogP contribution in [0.5, 0.6) is 5.75 Å². The zero-order valence-corrected chi connectivity index (χ0v) is 9.62. The van der Waals surface area contributed by atoms with Crippen molar-refractivity contribution in [1.29, 1.82) is 0 Å². The lowest BCUT2D eigenvalue weighted by atomic mass is 10.1. The highest BCUT2D eigenvalue weighted by Crippen LogP contribution is 2.13. The quantitative estimate of drug-likeness (QED) is 0.728. The summed E-state index contributed by atoms with van der Waals surface area (Å²) in [5, 5.41) is 0. The van der Waals surface area contributed by atoms with Crippen molar-refractivity contribution in [3.63, 3.8) is 0 Å². The summed E-state index contributed by atoms with van der Waals surface area (Å²) in [7, 11) is 3.32. The Labute approximate surface area is 91.4 Å². The van der Waals surface area contributed by atoms with Crippen LogP contribution in [0, 0.1) is 0 Å². The summed E-state index contributed by atoms with van der Waals surface area (Å²) in [5.74, 6) is 0.904. The number of hydrogen-bond acceptors (Lipinski definition) is 3. The molecule has 0 aromatic heterocycles. The molecule has 0 fully saturated rings. The highest BCUT2D eigenvalue weighted by Gasteiger charge is 2.01. The van der Waals surface area contributed by atoms with Crippen LogP contribution in [-0.4, -0.2) is 20.3 Å². The summed E-state index contributed by atoms with van der Waals surface area (Å²) in [5.41, 5.74) is 4.23. The Morgan fingerprint density at radius 2 is 1.87 bits per heavy atom. The molecule has 1 aromatic carbocycles. The number of methoxy groups -OCH3 is 1. The van der Waals surface area contributed by atoms with E-state index in [-0.39, 0.29) is 0 Å². The SMILES string of the molecule is CONC(C)CCc1ccc(OC)cc1. The molecule has 0 saturated carbocycles. The Kier molecular flexibility index (Phi) is 5.15. The van der Waals surface area contributed by atoms with E-state index in [1.54, 1.807) is 14.2 Å². The molecule has 0 aliphatic rings. The van der Waals surface area contributed by atoms with E-state index in [1.807, 2.05) is 12.1 Å². The van der Waals surface area contributed by atoms with Gasteiger partial charge in [-0.15, -0.1) is 0 Å². The first-order valence-electron chi connectivity index (χ1n) is 5.17. The molecule has 3 nitrogen and oxygen atoms in total. The molecule has 0 radical (unpaired) electrons. The molecule has 0 spiro atoms. The number of ether oxygens (including phenoxy) is 1. The van der Waals surface area contributed by atoms with E-state index in [0.29, 0.717) is 6.04 Å². The first-order valence-corrected chi connectivity index (χ1v) is 5.17. The van der Waals surface area contributed by atoms with Crippen molar-refractivity contribution in [2.45, 2.75) is 25.8 Å². The fraction of sp³-hybridized carbons (Fsp3) is 0.500. The van der Waals surface area contributed by atoms with Gasteiger partial charge in [0.2, 0.25) is 0 Å². The van der Waals surface area contributed by atoms with Crippen LogP contribution >= 0.6 is 0 Å². The zero-order valence-electron chi connectivity index (χ0n) is 9.62. The molecule has 0 heterocycles. The fourth-order valence-electron chi connectivity index (χ4n) is 1.44. The van der Waals surface area contributed by atoms with Gasteiger partial charge >= 0.3 is 0 Å². The Morgan fingerprint density at radius 1 is 1.20 bits per heavy atom. The summed E-state index contributed by atoms with van der Waals surface area (Å²) >= 11 is 0. The third-order valence-electron chi connectivity index (χ3n) is 2.34. The number of aryl methyl sites for hydroxylation is 1. The van der Waals surface area contributed by atoms with Crippen LogP contribution in [0.2, 0.25) is 0 Å². The number of benzene rings is 1. The van der Waals surface area contributed by atoms with Crippen LogP contribution < -0.4 is 10.2 Å². The maximum absolute atomic E-state index is 5.10. The summed E-state index contributed by atoms with van der Waals surface area (Å²) in [6.07, 6.45) is 2.10. The molecule has 84 valence electrons. The minimum absolute atomic E-state index is 0.372. The molecule has 1 aromatic rings. The van der Waals surface area contributed by atoms with Gasteiger partial charge in [-0.05, 0) is 37.5 Å². The molecule has 0 aliphatic heterocycles. The van der Waals surface area contributed by atoms with Crippen LogP contribution in [0.15, 0.2) is 24.3 Å². The standard InChI is InChI=1S/C12H19NO2/c1-10(13-15-3)4-5-11-6-8-12(14-2)9-7-11/h6-10,13H,4-5H2,1-3H3. The van der Waals surface area contributed by atoms with Crippen LogP contribution in [-0.2, 0) is 11.3 Å². The monoisotopic (exact) mass is 209 g/mol. The van der Waals surface area contributed by atoms with Crippen molar-refractivity contribution in [3.8, 4) is 5.75 Å². The highest BCUT2D eigenvalue weighted by atomic mass is 16.6. The number of hydrogen-bond donors (Lipinski definition) is 1. The van der Waals surface area contributed by atoms with Gasteiger partial charge in [-0.25, -0.2) is 5.48 Å². The van der Waals surface area contributed by atoms with E-state index in [0.717, 1.165) is 18.6 Å². The lowest BCUT2D eigenvalue weighted by molar-refractivity contribution is 0.0637. The molecule has 0 bridgehead atoms. The summed E-state index contributed by atoms with van der Waals surface area (Å²) in [6.45, 7) is 2.10. The predicted octanol–water partition coefficient (Wildman–Crippen LogP) is 2.17. The van der Waals surface area contributed by atoms with Crippen LogP contribution in [0.25, 0.3) is 0 Å². The molecule has 1 unspecified atom stereocenters. The van der Waals surface area contributed by atoms with Gasteiger partial charge in [0, 0.05) is 6.04 Å². The largest absolute Gasteiger partial charge is 0.497 e. The van der Waals surface area contributed by atoms with Crippen LogP contribution in [0.3, 0.4) is 0 Å². The van der Waals surface area contributed by atoms with Crippen molar-refractivity contribution < 1.29 is 9.57 Å². The van der Waals surface area contributed by atoms with Crippen LogP contribution in [0.4, 0.5) is 0 Å². The van der Waals surface area contributed by atoms with E-state index in [1.165, 1.54) is 5.56 Å². The van der Waals surface area contributed by atoms with Gasteiger partial charge in [-0.3, -0.25) is 0 Å². The van der Waals surface area contributed by atoms with Gasteiger partial charge in [0.05, 0.1) is 14.2 Å². The van der Waals surface area contributed by atoms with E-state index < -0.39 is 0 Å². The average Bonchev–Trinajstić information content (AvgIpc) is 2.27. The summed E-state index contributed by atoms with van der Waals surface area (Å²) in [4.78, 5) is 4.86. The fourth-order valence-corrected chi connectivity index (χ4v) is 1.44. The molecule has 1 rings (SSSR count). The minimum atomic E-state index is 0.372. The first-order chi connectivity index (χ1) is 7.26. The zero-order chi connectivity index (χ0) is 11.1. The summed E-state index contributed by atoms with van der Waals surface area (Å²) in [6, 6.07) is 8.54. The van der Waals surface area contributed by atoms with E-state index in [9.17, 15) is 0 Å². The van der Waals surface area contributed by atoms with Crippen molar-refractivity contribution in [2.75, 3.05) is 14.2 Å². The Morgan fingerprint density at radius 3 is 2.40 bits per heavy atom. The van der Waals surface area contributed by atoms with E-state index in [4.69, 9.17) is 9.57 Å². The topological polar surface area (TPSA) is 30.5 Å². The van der Waals surface area contributed by atoms with Crippen molar-refractivity contribution in [1.82, 2.24) is 5.48 Å². The van der Waals surface area contributed by atoms with Gasteiger partial charge in [0.1, 0.15) is 5.75 Å². The molecular formula is C12H19NO2. The second kappa shape index (κ2) is 6.43. The van der Waals surface area contributed by atoms with E-state index in [2.05, 4.69) is 24.5 Å². The number of nitrogens with one attached hydrogen (secondary N) is 1. The molecule has 15 heavy (non-hydrogen) atoms. The van der Waals surface area contributed by atoms with Gasteiger partial charge in [-0.2, -0.15) is 0 Å². The smallest absolute Gasteiger partial charge is 0.118 e. The number of rotatable bonds is 6. The van der Waals surface area contributed by atoms with Crippen molar-refractivity contribution in [3.05, 3.63) is 29.8 Å². The molecule has 1 N–H and O–H groups in total. The van der Waals surface area contributed by atoms with E-state index >= 15 is 0 Å². The highest BCUT2D eigenvalue weighted by molar-refractivity contribution is 5.27. The Bertz CT molecular complexity index is 271. The van der Waals surface area contributed by atoms with Crippen LogP contribution in [0.1, 0.15) is 18.9 Å². The van der Waals surface area contributed by atoms with Gasteiger partial charge in [0.15, 0.2) is 0 Å². The molecule has 0 saturated heterocycles. The van der Waals surface area contributed by atoms with Gasteiger partial charge in [-0.1, -0.05) is 12.1 Å². The average molecular weight is 209 g/mol. The van der Waals surface area contributed by atoms with Crippen molar-refractivity contribution in [2.24, 2.45) is 0 Å². The second-order valence-corrected chi connectivity index (χ2v) is 3.61. The molecule has 0 amide bonds. The third-order valence-corrected chi connectivity index (χ3v) is 2.34. The maximum atomic E-state index is 5.10. The number of hydroxylamine groups is 1. The third kappa shape index (κ3) is 4.32. The Hall–Kier alpha value is -1.06. The van der Waals surface area contributed by atoms with Gasteiger partial charge < -0.3 is 9.57 Å². The second-order valence-electron chi connectivity index (χ2n) is 3.61. The molecule has 3 heteroatoms. The Balaban J connectivity index is 2.37. The minimum Gasteiger partial charge on any atom is -0.497 e. The van der Waals surface area contributed by atoms with Gasteiger partial charge in [0.25, 0.3) is 0 Å². The molecule has 0 aliphatic carbocycles. The maximum Gasteiger partial charge on any atom is 0.118 e. The molecule has 1 atom stereocenters. The summed E-state index contributed by atoms with van der Waals surface area (Å²) < 4.78 is 5.10. The molecular weight excluding hydrogens is 190 g/mol. The first kappa shape index (κ1) is 12.0. The normalized spacial score (nSPS) is 12.5. The lowest BCUT2D eigenvalue weighted by Gasteiger charge is -2.11.